The van der Waals surface area contributed by atoms with Gasteiger partial charge in [0, 0.05) is 11.2 Å². The lowest BCUT2D eigenvalue weighted by Crippen LogP contribution is -2.35. The summed E-state index contributed by atoms with van der Waals surface area (Å²) in [6.07, 6.45) is 3.33. The first-order valence-corrected chi connectivity index (χ1v) is 7.38. The smallest absolute Gasteiger partial charge is 0.184 e. The molecule has 0 aliphatic heterocycles. The van der Waals surface area contributed by atoms with Gasteiger partial charge in [0.1, 0.15) is 0 Å². The van der Waals surface area contributed by atoms with Crippen LogP contribution in [0.25, 0.3) is 10.2 Å². The van der Waals surface area contributed by atoms with E-state index in [9.17, 15) is 0 Å². The fourth-order valence-electron chi connectivity index (χ4n) is 2.24. The van der Waals surface area contributed by atoms with Crippen LogP contribution in [0.2, 0.25) is 0 Å². The predicted octanol–water partition coefficient (Wildman–Crippen LogP) is 4.26. The van der Waals surface area contributed by atoms with Crippen molar-refractivity contribution in [2.75, 3.05) is 11.1 Å². The Kier molecular flexibility index (Phi) is 3.76. The molecular weight excluding hydrogens is 242 g/mol. The lowest BCUT2D eigenvalue weighted by Gasteiger charge is -2.31. The van der Waals surface area contributed by atoms with Crippen LogP contribution in [0.15, 0.2) is 18.2 Å². The molecule has 98 valence electrons. The van der Waals surface area contributed by atoms with Crippen LogP contribution < -0.4 is 11.1 Å². The summed E-state index contributed by atoms with van der Waals surface area (Å²) in [5.41, 5.74) is 7.78. The second kappa shape index (κ2) is 5.14. The number of hydrogen-bond acceptors (Lipinski definition) is 4. The van der Waals surface area contributed by atoms with Crippen LogP contribution >= 0.6 is 11.3 Å². The van der Waals surface area contributed by atoms with Crippen molar-refractivity contribution in [2.24, 2.45) is 0 Å². The van der Waals surface area contributed by atoms with E-state index in [0.29, 0.717) is 0 Å². The van der Waals surface area contributed by atoms with Gasteiger partial charge in [-0.2, -0.15) is 0 Å². The molecule has 0 unspecified atom stereocenters. The number of nitrogens with one attached hydrogen (secondary N) is 1. The lowest BCUT2D eigenvalue weighted by molar-refractivity contribution is 0.420. The molecule has 0 bridgehead atoms. The molecule has 1 heterocycles. The maximum absolute atomic E-state index is 5.80. The first kappa shape index (κ1) is 13.1. The van der Waals surface area contributed by atoms with Crippen molar-refractivity contribution in [1.29, 1.82) is 0 Å². The highest BCUT2D eigenvalue weighted by molar-refractivity contribution is 7.22. The Morgan fingerprint density at radius 1 is 1.22 bits per heavy atom. The highest BCUT2D eigenvalue weighted by atomic mass is 32.1. The number of nitrogens with two attached hydrogens (primary N) is 1. The predicted molar refractivity (Wildman–Crippen MR) is 81.3 cm³/mol. The van der Waals surface area contributed by atoms with E-state index in [1.54, 1.807) is 11.3 Å². The van der Waals surface area contributed by atoms with E-state index in [2.05, 4.69) is 31.1 Å². The van der Waals surface area contributed by atoms with E-state index < -0.39 is 0 Å². The maximum Gasteiger partial charge on any atom is 0.184 e. The molecule has 2 rings (SSSR count). The molecule has 1 aromatic carbocycles. The number of benzene rings is 1. The van der Waals surface area contributed by atoms with E-state index in [1.807, 2.05) is 18.2 Å². The Morgan fingerprint density at radius 2 is 1.89 bits per heavy atom. The molecule has 0 aliphatic rings. The van der Waals surface area contributed by atoms with Crippen molar-refractivity contribution >= 4 is 32.4 Å². The van der Waals surface area contributed by atoms with Gasteiger partial charge in [0.2, 0.25) is 0 Å². The first-order chi connectivity index (χ1) is 8.62. The second-order valence-electron chi connectivity index (χ2n) is 4.71. The van der Waals surface area contributed by atoms with Gasteiger partial charge in [-0.25, -0.2) is 4.98 Å². The zero-order valence-electron chi connectivity index (χ0n) is 11.3. The van der Waals surface area contributed by atoms with Gasteiger partial charge in [0.25, 0.3) is 0 Å². The summed E-state index contributed by atoms with van der Waals surface area (Å²) in [4.78, 5) is 4.63. The number of fused-ring (bicyclic) bond motifs is 1. The van der Waals surface area contributed by atoms with E-state index >= 15 is 0 Å². The third-order valence-corrected chi connectivity index (χ3v) is 4.75. The minimum Gasteiger partial charge on any atom is -0.399 e. The zero-order valence-corrected chi connectivity index (χ0v) is 12.1. The topological polar surface area (TPSA) is 50.9 Å². The van der Waals surface area contributed by atoms with E-state index in [1.165, 1.54) is 0 Å². The fourth-order valence-corrected chi connectivity index (χ4v) is 3.27. The van der Waals surface area contributed by atoms with Crippen molar-refractivity contribution in [3.63, 3.8) is 0 Å². The zero-order chi connectivity index (χ0) is 13.2. The molecule has 0 radical (unpaired) electrons. The maximum atomic E-state index is 5.80. The Bertz CT molecular complexity index is 521. The average Bonchev–Trinajstić information content (AvgIpc) is 2.77. The number of thiazole rings is 1. The molecule has 3 N–H and O–H groups in total. The van der Waals surface area contributed by atoms with Gasteiger partial charge >= 0.3 is 0 Å². The number of nitrogen functional groups attached to an aromatic ring is 1. The van der Waals surface area contributed by atoms with Crippen LogP contribution in [0, 0.1) is 0 Å². The minimum absolute atomic E-state index is 0.166. The summed E-state index contributed by atoms with van der Waals surface area (Å²) in [5.74, 6) is 0. The van der Waals surface area contributed by atoms with Crippen molar-refractivity contribution in [3.8, 4) is 0 Å². The van der Waals surface area contributed by atoms with Gasteiger partial charge in [-0.15, -0.1) is 0 Å². The van der Waals surface area contributed by atoms with Gasteiger partial charge in [-0.3, -0.25) is 0 Å². The third kappa shape index (κ3) is 2.43. The number of hydrogen-bond donors (Lipinski definition) is 2. The summed E-state index contributed by atoms with van der Waals surface area (Å²) in [5, 5.41) is 4.62. The Hall–Kier alpha value is -1.29. The largest absolute Gasteiger partial charge is 0.399 e. The van der Waals surface area contributed by atoms with Gasteiger partial charge in [-0.1, -0.05) is 32.1 Å². The van der Waals surface area contributed by atoms with Crippen LogP contribution in [0.4, 0.5) is 10.8 Å². The van der Waals surface area contributed by atoms with Crippen molar-refractivity contribution in [1.82, 2.24) is 4.98 Å². The second-order valence-corrected chi connectivity index (χ2v) is 5.74. The molecule has 0 spiro atoms. The van der Waals surface area contributed by atoms with Gasteiger partial charge in [0.15, 0.2) is 5.13 Å². The van der Waals surface area contributed by atoms with Crippen molar-refractivity contribution in [2.45, 2.75) is 45.6 Å². The molecule has 2 aromatic rings. The molecule has 0 atom stereocenters. The summed E-state index contributed by atoms with van der Waals surface area (Å²) in [6.45, 7) is 6.68. The number of rotatable bonds is 5. The standard InChI is InChI=1S/C14H21N3S/c1-4-14(5-2,6-3)17-13-16-11-8-7-10(15)9-12(11)18-13/h7-9H,4-6,15H2,1-3H3,(H,16,17). The molecular formula is C14H21N3S. The van der Waals surface area contributed by atoms with Crippen LogP contribution in [0.1, 0.15) is 40.0 Å². The normalized spacial score (nSPS) is 11.9. The summed E-state index contributed by atoms with van der Waals surface area (Å²) >= 11 is 1.68. The van der Waals surface area contributed by atoms with E-state index in [4.69, 9.17) is 5.73 Å². The molecule has 0 saturated heterocycles. The quantitative estimate of drug-likeness (QED) is 0.792. The minimum atomic E-state index is 0.166. The molecule has 0 aliphatic carbocycles. The van der Waals surface area contributed by atoms with Gasteiger partial charge < -0.3 is 11.1 Å². The Balaban J connectivity index is 2.31. The number of aromatic nitrogens is 1. The van der Waals surface area contributed by atoms with Crippen LogP contribution in [-0.2, 0) is 0 Å². The van der Waals surface area contributed by atoms with Crippen molar-refractivity contribution in [3.05, 3.63) is 18.2 Å². The number of anilines is 2. The highest BCUT2D eigenvalue weighted by Gasteiger charge is 2.24. The molecule has 18 heavy (non-hydrogen) atoms. The SMILES string of the molecule is CCC(CC)(CC)Nc1nc2ccc(N)cc2s1. The third-order valence-electron chi connectivity index (χ3n) is 3.81. The Labute approximate surface area is 112 Å². The molecule has 3 nitrogen and oxygen atoms in total. The molecule has 0 saturated carbocycles. The summed E-state index contributed by atoms with van der Waals surface area (Å²) in [7, 11) is 0. The van der Waals surface area contributed by atoms with Crippen LogP contribution in [-0.4, -0.2) is 10.5 Å². The molecule has 0 amide bonds. The number of nitrogens with zero attached hydrogens (tertiary/aromatic N) is 1. The average molecular weight is 263 g/mol. The molecule has 1 aromatic heterocycles. The van der Waals surface area contributed by atoms with Crippen molar-refractivity contribution < 1.29 is 0 Å². The van der Waals surface area contributed by atoms with Crippen LogP contribution in [0.3, 0.4) is 0 Å². The summed E-state index contributed by atoms with van der Waals surface area (Å²) in [6, 6.07) is 5.88. The van der Waals surface area contributed by atoms with Crippen LogP contribution in [0.5, 0.6) is 0 Å². The Morgan fingerprint density at radius 3 is 2.50 bits per heavy atom. The van der Waals surface area contributed by atoms with Gasteiger partial charge in [-0.05, 0) is 37.5 Å². The fraction of sp³-hybridized carbons (Fsp3) is 0.500. The van der Waals surface area contributed by atoms with E-state index in [0.717, 1.165) is 40.3 Å². The highest BCUT2D eigenvalue weighted by Crippen LogP contribution is 2.32. The lowest BCUT2D eigenvalue weighted by atomic mass is 9.90. The first-order valence-electron chi connectivity index (χ1n) is 6.56. The monoisotopic (exact) mass is 263 g/mol. The molecule has 4 heteroatoms. The van der Waals surface area contributed by atoms with Gasteiger partial charge in [0.05, 0.1) is 10.2 Å². The van der Waals surface area contributed by atoms with E-state index in [-0.39, 0.29) is 5.54 Å². The molecule has 0 fully saturated rings. The summed E-state index contributed by atoms with van der Waals surface area (Å²) < 4.78 is 1.15.